The second-order valence-electron chi connectivity index (χ2n) is 5.09. The SMILES string of the molecule is C#CCNC(=O)CN1CCC(CCC)(C(=O)O)CC1. The highest BCUT2D eigenvalue weighted by Crippen LogP contribution is 2.36. The minimum Gasteiger partial charge on any atom is -0.481 e. The number of carboxylic acids is 1. The number of rotatable bonds is 6. The Hall–Kier alpha value is -1.54. The average molecular weight is 266 g/mol. The van der Waals surface area contributed by atoms with Gasteiger partial charge in [-0.05, 0) is 32.4 Å². The number of aliphatic carboxylic acids is 1. The topological polar surface area (TPSA) is 69.6 Å². The highest BCUT2D eigenvalue weighted by Gasteiger charge is 2.40. The van der Waals surface area contributed by atoms with Crippen molar-refractivity contribution in [2.24, 2.45) is 5.41 Å². The maximum atomic E-state index is 11.5. The van der Waals surface area contributed by atoms with Crippen molar-refractivity contribution >= 4 is 11.9 Å². The molecule has 5 nitrogen and oxygen atoms in total. The molecule has 5 heteroatoms. The molecule has 0 spiro atoms. The summed E-state index contributed by atoms with van der Waals surface area (Å²) in [6.45, 7) is 3.83. The van der Waals surface area contributed by atoms with Gasteiger partial charge in [0.05, 0.1) is 18.5 Å². The molecule has 1 saturated heterocycles. The minimum absolute atomic E-state index is 0.101. The van der Waals surface area contributed by atoms with Crippen molar-refractivity contribution in [2.75, 3.05) is 26.2 Å². The molecule has 106 valence electrons. The Morgan fingerprint density at radius 3 is 2.53 bits per heavy atom. The summed E-state index contributed by atoms with van der Waals surface area (Å²) in [4.78, 5) is 24.9. The highest BCUT2D eigenvalue weighted by molar-refractivity contribution is 5.78. The summed E-state index contributed by atoms with van der Waals surface area (Å²) in [7, 11) is 0. The van der Waals surface area contributed by atoms with Crippen molar-refractivity contribution in [3.63, 3.8) is 0 Å². The molecule has 0 aromatic heterocycles. The third-order valence-corrected chi connectivity index (χ3v) is 3.75. The predicted octanol–water partition coefficient (Wildman–Crippen LogP) is 0.703. The first-order valence-corrected chi connectivity index (χ1v) is 6.70. The van der Waals surface area contributed by atoms with Gasteiger partial charge in [-0.15, -0.1) is 6.42 Å². The van der Waals surface area contributed by atoms with Crippen molar-refractivity contribution in [3.05, 3.63) is 0 Å². The number of nitrogens with zero attached hydrogens (tertiary/aromatic N) is 1. The van der Waals surface area contributed by atoms with Crippen molar-refractivity contribution in [1.82, 2.24) is 10.2 Å². The quantitative estimate of drug-likeness (QED) is 0.694. The molecule has 0 bridgehead atoms. The molecule has 1 aliphatic rings. The highest BCUT2D eigenvalue weighted by atomic mass is 16.4. The van der Waals surface area contributed by atoms with E-state index in [2.05, 4.69) is 11.2 Å². The van der Waals surface area contributed by atoms with E-state index in [0.717, 1.165) is 6.42 Å². The van der Waals surface area contributed by atoms with Gasteiger partial charge in [-0.1, -0.05) is 19.3 Å². The van der Waals surface area contributed by atoms with Gasteiger partial charge in [0.2, 0.25) is 5.91 Å². The maximum Gasteiger partial charge on any atom is 0.309 e. The summed E-state index contributed by atoms with van der Waals surface area (Å²) in [5, 5.41) is 12.0. The summed E-state index contributed by atoms with van der Waals surface area (Å²) in [5.41, 5.74) is -0.597. The van der Waals surface area contributed by atoms with Crippen LogP contribution in [0, 0.1) is 17.8 Å². The molecular formula is C14H22N2O3. The molecular weight excluding hydrogens is 244 g/mol. The van der Waals surface area contributed by atoms with Crippen LogP contribution < -0.4 is 5.32 Å². The molecule has 0 aromatic rings. The third-order valence-electron chi connectivity index (χ3n) is 3.75. The molecule has 1 aliphatic heterocycles. The zero-order valence-electron chi connectivity index (χ0n) is 11.4. The molecule has 19 heavy (non-hydrogen) atoms. The second-order valence-corrected chi connectivity index (χ2v) is 5.09. The van der Waals surface area contributed by atoms with Crippen LogP contribution in [0.25, 0.3) is 0 Å². The van der Waals surface area contributed by atoms with Gasteiger partial charge in [-0.25, -0.2) is 0 Å². The Balaban J connectivity index is 2.45. The van der Waals surface area contributed by atoms with E-state index in [4.69, 9.17) is 6.42 Å². The number of nitrogens with one attached hydrogen (secondary N) is 1. The van der Waals surface area contributed by atoms with E-state index in [-0.39, 0.29) is 12.5 Å². The number of hydrogen-bond acceptors (Lipinski definition) is 3. The van der Waals surface area contributed by atoms with Gasteiger partial charge in [0.15, 0.2) is 0 Å². The standard InChI is InChI=1S/C14H22N2O3/c1-3-5-14(13(18)19)6-9-16(10-7-14)11-12(17)15-8-4-2/h2H,3,5-11H2,1H3,(H,15,17)(H,18,19). The molecule has 1 rings (SSSR count). The lowest BCUT2D eigenvalue weighted by molar-refractivity contribution is -0.152. The lowest BCUT2D eigenvalue weighted by Gasteiger charge is -2.38. The first-order chi connectivity index (χ1) is 9.04. The number of piperidine rings is 1. The fourth-order valence-corrected chi connectivity index (χ4v) is 2.60. The fraction of sp³-hybridized carbons (Fsp3) is 0.714. The molecule has 0 unspecified atom stereocenters. The first kappa shape index (κ1) is 15.5. The molecule has 0 atom stereocenters. The molecule has 0 saturated carbocycles. The zero-order chi connectivity index (χ0) is 14.3. The van der Waals surface area contributed by atoms with E-state index in [1.54, 1.807) is 0 Å². The predicted molar refractivity (Wildman–Crippen MR) is 72.5 cm³/mol. The Morgan fingerprint density at radius 2 is 2.05 bits per heavy atom. The Kier molecular flexibility index (Phi) is 5.84. The lowest BCUT2D eigenvalue weighted by atomic mass is 9.75. The molecule has 2 N–H and O–H groups in total. The van der Waals surface area contributed by atoms with Gasteiger partial charge in [-0.2, -0.15) is 0 Å². The summed E-state index contributed by atoms with van der Waals surface area (Å²) >= 11 is 0. The fourth-order valence-electron chi connectivity index (χ4n) is 2.60. The van der Waals surface area contributed by atoms with Crippen LogP contribution in [-0.4, -0.2) is 48.1 Å². The van der Waals surface area contributed by atoms with Gasteiger partial charge >= 0.3 is 5.97 Å². The van der Waals surface area contributed by atoms with E-state index >= 15 is 0 Å². The zero-order valence-corrected chi connectivity index (χ0v) is 11.4. The van der Waals surface area contributed by atoms with E-state index < -0.39 is 11.4 Å². The Morgan fingerprint density at radius 1 is 1.42 bits per heavy atom. The number of hydrogen-bond donors (Lipinski definition) is 2. The minimum atomic E-state index is -0.703. The van der Waals surface area contributed by atoms with Gasteiger partial charge in [0.1, 0.15) is 0 Å². The smallest absolute Gasteiger partial charge is 0.309 e. The van der Waals surface area contributed by atoms with E-state index in [1.165, 1.54) is 0 Å². The van der Waals surface area contributed by atoms with Crippen LogP contribution in [0.15, 0.2) is 0 Å². The van der Waals surface area contributed by atoms with E-state index in [0.29, 0.717) is 38.9 Å². The molecule has 0 aliphatic carbocycles. The number of carboxylic acid groups (broad SMARTS) is 1. The summed E-state index contributed by atoms with van der Waals surface area (Å²) < 4.78 is 0. The Labute approximate surface area is 114 Å². The van der Waals surface area contributed by atoms with Crippen molar-refractivity contribution in [1.29, 1.82) is 0 Å². The normalized spacial score (nSPS) is 18.5. The largest absolute Gasteiger partial charge is 0.481 e. The number of carbonyl (C=O) groups excluding carboxylic acids is 1. The molecule has 1 heterocycles. The third kappa shape index (κ3) is 4.25. The van der Waals surface area contributed by atoms with Gasteiger partial charge in [0.25, 0.3) is 0 Å². The van der Waals surface area contributed by atoms with Crippen LogP contribution in [0.5, 0.6) is 0 Å². The van der Waals surface area contributed by atoms with E-state index in [9.17, 15) is 14.7 Å². The van der Waals surface area contributed by atoms with Gasteiger partial charge < -0.3 is 10.4 Å². The lowest BCUT2D eigenvalue weighted by Crippen LogP contribution is -2.47. The van der Waals surface area contributed by atoms with Crippen LogP contribution >= 0.6 is 0 Å². The summed E-state index contributed by atoms with van der Waals surface area (Å²) in [6, 6.07) is 0. The van der Waals surface area contributed by atoms with Crippen LogP contribution in [-0.2, 0) is 9.59 Å². The van der Waals surface area contributed by atoms with Crippen molar-refractivity contribution in [2.45, 2.75) is 32.6 Å². The summed E-state index contributed by atoms with van der Waals surface area (Å²) in [5.74, 6) is 1.55. The molecule has 0 aromatic carbocycles. The maximum absolute atomic E-state index is 11.5. The van der Waals surface area contributed by atoms with Crippen LogP contribution in [0.1, 0.15) is 32.6 Å². The summed E-state index contributed by atoms with van der Waals surface area (Å²) in [6.07, 6.45) is 7.87. The van der Waals surface area contributed by atoms with E-state index in [1.807, 2.05) is 11.8 Å². The number of terminal acetylenes is 1. The average Bonchev–Trinajstić information content (AvgIpc) is 2.39. The first-order valence-electron chi connectivity index (χ1n) is 6.70. The number of carbonyl (C=O) groups is 2. The monoisotopic (exact) mass is 266 g/mol. The van der Waals surface area contributed by atoms with Gasteiger partial charge in [0, 0.05) is 0 Å². The molecule has 1 amide bonds. The second kappa shape index (κ2) is 7.15. The van der Waals surface area contributed by atoms with Crippen molar-refractivity contribution < 1.29 is 14.7 Å². The number of likely N-dealkylation sites (tertiary alicyclic amines) is 1. The van der Waals surface area contributed by atoms with Gasteiger partial charge in [-0.3, -0.25) is 14.5 Å². The Bertz CT molecular complexity index is 365. The van der Waals surface area contributed by atoms with Crippen LogP contribution in [0.3, 0.4) is 0 Å². The molecule has 0 radical (unpaired) electrons. The van der Waals surface area contributed by atoms with Crippen LogP contribution in [0.4, 0.5) is 0 Å². The molecule has 1 fully saturated rings. The van der Waals surface area contributed by atoms with Crippen LogP contribution in [0.2, 0.25) is 0 Å². The number of amides is 1. The van der Waals surface area contributed by atoms with Crippen molar-refractivity contribution in [3.8, 4) is 12.3 Å².